The van der Waals surface area contributed by atoms with Crippen LogP contribution in [0.25, 0.3) is 5.69 Å². The Bertz CT molecular complexity index is 1130. The SMILES string of the molecule is Cc1nn(-c2ccccc2)c(C)c1C1C(=O)NCCN1C(=O)c1ccc(F)c(F)c1. The largest absolute Gasteiger partial charge is 0.352 e. The summed E-state index contributed by atoms with van der Waals surface area (Å²) in [6.45, 7) is 4.13. The number of nitrogens with one attached hydrogen (secondary N) is 1. The second-order valence-corrected chi connectivity index (χ2v) is 7.15. The van der Waals surface area contributed by atoms with Gasteiger partial charge in [-0.25, -0.2) is 13.5 Å². The smallest absolute Gasteiger partial charge is 0.254 e. The summed E-state index contributed by atoms with van der Waals surface area (Å²) in [7, 11) is 0. The third-order valence-corrected chi connectivity index (χ3v) is 5.26. The van der Waals surface area contributed by atoms with Crippen LogP contribution < -0.4 is 5.32 Å². The molecule has 2 heterocycles. The zero-order valence-electron chi connectivity index (χ0n) is 16.5. The lowest BCUT2D eigenvalue weighted by Crippen LogP contribution is -2.52. The number of benzene rings is 2. The fourth-order valence-electron chi connectivity index (χ4n) is 3.84. The molecule has 0 saturated carbocycles. The maximum Gasteiger partial charge on any atom is 0.254 e. The molecule has 0 aliphatic carbocycles. The highest BCUT2D eigenvalue weighted by atomic mass is 19.2. The Balaban J connectivity index is 1.77. The van der Waals surface area contributed by atoms with Crippen molar-refractivity contribution < 1.29 is 18.4 Å². The maximum absolute atomic E-state index is 13.7. The van der Waals surface area contributed by atoms with Gasteiger partial charge >= 0.3 is 0 Å². The van der Waals surface area contributed by atoms with Crippen LogP contribution in [-0.4, -0.2) is 39.6 Å². The Labute approximate surface area is 172 Å². The molecule has 1 aliphatic rings. The van der Waals surface area contributed by atoms with Crippen molar-refractivity contribution in [1.82, 2.24) is 20.0 Å². The Kier molecular flexibility index (Phi) is 5.07. The van der Waals surface area contributed by atoms with Crippen LogP contribution in [0, 0.1) is 25.5 Å². The van der Waals surface area contributed by atoms with Gasteiger partial charge < -0.3 is 10.2 Å². The number of carbonyl (C=O) groups is 2. The van der Waals surface area contributed by atoms with Gasteiger partial charge in [0.05, 0.1) is 11.4 Å². The van der Waals surface area contributed by atoms with Crippen LogP contribution in [0.3, 0.4) is 0 Å². The average Bonchev–Trinajstić information content (AvgIpc) is 3.04. The van der Waals surface area contributed by atoms with Crippen molar-refractivity contribution in [2.75, 3.05) is 13.1 Å². The van der Waals surface area contributed by atoms with Gasteiger partial charge in [-0.2, -0.15) is 5.10 Å². The standard InChI is InChI=1S/C22H20F2N4O2/c1-13-19(14(2)28(26-13)16-6-4-3-5-7-16)20-21(29)25-10-11-27(20)22(30)15-8-9-17(23)18(24)12-15/h3-9,12,20H,10-11H2,1-2H3,(H,25,29). The summed E-state index contributed by atoms with van der Waals surface area (Å²) >= 11 is 0. The van der Waals surface area contributed by atoms with Gasteiger partial charge in [0.1, 0.15) is 6.04 Å². The predicted molar refractivity (Wildman–Crippen MR) is 106 cm³/mol. The minimum Gasteiger partial charge on any atom is -0.352 e. The molecule has 8 heteroatoms. The Morgan fingerprint density at radius 1 is 1.10 bits per heavy atom. The van der Waals surface area contributed by atoms with Crippen molar-refractivity contribution in [3.05, 3.63) is 82.7 Å². The molecule has 1 unspecified atom stereocenters. The normalized spacial score (nSPS) is 16.5. The first-order chi connectivity index (χ1) is 14.4. The van der Waals surface area contributed by atoms with Crippen molar-refractivity contribution in [1.29, 1.82) is 0 Å². The summed E-state index contributed by atoms with van der Waals surface area (Å²) in [5.74, 6) is -3.02. The number of hydrogen-bond donors (Lipinski definition) is 1. The zero-order valence-corrected chi connectivity index (χ0v) is 16.5. The van der Waals surface area contributed by atoms with E-state index in [-0.39, 0.29) is 24.6 Å². The van der Waals surface area contributed by atoms with Crippen LogP contribution in [-0.2, 0) is 4.79 Å². The fraction of sp³-hybridized carbons (Fsp3) is 0.227. The molecule has 2 aromatic carbocycles. The van der Waals surface area contributed by atoms with Crippen LogP contribution in [0.15, 0.2) is 48.5 Å². The molecule has 154 valence electrons. The van der Waals surface area contributed by atoms with Gasteiger partial charge in [0.15, 0.2) is 11.6 Å². The number of aromatic nitrogens is 2. The van der Waals surface area contributed by atoms with Crippen LogP contribution >= 0.6 is 0 Å². The van der Waals surface area contributed by atoms with Gasteiger partial charge in [-0.15, -0.1) is 0 Å². The molecule has 30 heavy (non-hydrogen) atoms. The van der Waals surface area contributed by atoms with E-state index in [1.165, 1.54) is 11.0 Å². The van der Waals surface area contributed by atoms with Gasteiger partial charge in [0.25, 0.3) is 5.91 Å². The van der Waals surface area contributed by atoms with Crippen molar-refractivity contribution in [3.8, 4) is 5.69 Å². The first kappa shape index (κ1) is 19.8. The highest BCUT2D eigenvalue weighted by molar-refractivity contribution is 5.98. The summed E-state index contributed by atoms with van der Waals surface area (Å²) in [6, 6.07) is 11.5. The molecule has 0 spiro atoms. The van der Waals surface area contributed by atoms with Gasteiger partial charge in [-0.05, 0) is 44.2 Å². The number of carbonyl (C=O) groups excluding carboxylic acids is 2. The number of halogens is 2. The number of hydrogen-bond acceptors (Lipinski definition) is 3. The van der Waals surface area contributed by atoms with E-state index in [1.807, 2.05) is 37.3 Å². The Hall–Kier alpha value is -3.55. The second-order valence-electron chi connectivity index (χ2n) is 7.15. The van der Waals surface area contributed by atoms with Crippen molar-refractivity contribution in [2.45, 2.75) is 19.9 Å². The zero-order chi connectivity index (χ0) is 21.4. The lowest BCUT2D eigenvalue weighted by Gasteiger charge is -2.35. The molecule has 4 rings (SSSR count). The lowest BCUT2D eigenvalue weighted by molar-refractivity contribution is -0.128. The molecular weight excluding hydrogens is 390 g/mol. The number of nitrogens with zero attached hydrogens (tertiary/aromatic N) is 3. The van der Waals surface area contributed by atoms with E-state index < -0.39 is 23.6 Å². The molecule has 1 aliphatic heterocycles. The number of amides is 2. The highest BCUT2D eigenvalue weighted by Crippen LogP contribution is 2.31. The summed E-state index contributed by atoms with van der Waals surface area (Å²) in [6.07, 6.45) is 0. The van der Waals surface area contributed by atoms with Crippen LogP contribution in [0.1, 0.15) is 33.4 Å². The molecule has 0 bridgehead atoms. The molecule has 3 aromatic rings. The summed E-state index contributed by atoms with van der Waals surface area (Å²) in [5.41, 5.74) is 2.77. The molecular formula is C22H20F2N4O2. The van der Waals surface area contributed by atoms with E-state index >= 15 is 0 Å². The van der Waals surface area contributed by atoms with Gasteiger partial charge in [-0.1, -0.05) is 18.2 Å². The van der Waals surface area contributed by atoms with Crippen molar-refractivity contribution in [2.24, 2.45) is 0 Å². The van der Waals surface area contributed by atoms with E-state index in [0.717, 1.165) is 23.5 Å². The number of piperazine rings is 1. The summed E-state index contributed by atoms with van der Waals surface area (Å²) in [4.78, 5) is 27.3. The number of rotatable bonds is 3. The van der Waals surface area contributed by atoms with Gasteiger partial charge in [-0.3, -0.25) is 9.59 Å². The molecule has 1 N–H and O–H groups in total. The fourth-order valence-corrected chi connectivity index (χ4v) is 3.84. The number of aryl methyl sites for hydroxylation is 1. The van der Waals surface area contributed by atoms with Crippen LogP contribution in [0.4, 0.5) is 8.78 Å². The molecule has 1 atom stereocenters. The molecule has 1 saturated heterocycles. The molecule has 6 nitrogen and oxygen atoms in total. The van der Waals surface area contributed by atoms with Crippen LogP contribution in [0.5, 0.6) is 0 Å². The molecule has 1 fully saturated rings. The quantitative estimate of drug-likeness (QED) is 0.722. The lowest BCUT2D eigenvalue weighted by atomic mass is 9.99. The summed E-state index contributed by atoms with van der Waals surface area (Å²) in [5, 5.41) is 7.36. The third kappa shape index (κ3) is 3.34. The number of para-hydroxylation sites is 1. The highest BCUT2D eigenvalue weighted by Gasteiger charge is 2.38. The van der Waals surface area contributed by atoms with Crippen molar-refractivity contribution in [3.63, 3.8) is 0 Å². The topological polar surface area (TPSA) is 67.2 Å². The van der Waals surface area contributed by atoms with Gasteiger partial charge in [0.2, 0.25) is 5.91 Å². The maximum atomic E-state index is 13.7. The minimum absolute atomic E-state index is 0.0145. The second kappa shape index (κ2) is 7.70. The molecule has 2 amide bonds. The Morgan fingerprint density at radius 2 is 1.83 bits per heavy atom. The molecule has 0 radical (unpaired) electrons. The van der Waals surface area contributed by atoms with E-state index in [2.05, 4.69) is 10.4 Å². The monoisotopic (exact) mass is 410 g/mol. The van der Waals surface area contributed by atoms with E-state index in [0.29, 0.717) is 11.3 Å². The van der Waals surface area contributed by atoms with Gasteiger partial charge in [0, 0.05) is 29.9 Å². The predicted octanol–water partition coefficient (Wildman–Crippen LogP) is 3.08. The van der Waals surface area contributed by atoms with E-state index in [4.69, 9.17) is 0 Å². The Morgan fingerprint density at radius 3 is 2.53 bits per heavy atom. The average molecular weight is 410 g/mol. The minimum atomic E-state index is -1.11. The molecule has 1 aromatic heterocycles. The third-order valence-electron chi connectivity index (χ3n) is 5.26. The van der Waals surface area contributed by atoms with E-state index in [9.17, 15) is 18.4 Å². The van der Waals surface area contributed by atoms with E-state index in [1.54, 1.807) is 11.6 Å². The first-order valence-corrected chi connectivity index (χ1v) is 9.53. The first-order valence-electron chi connectivity index (χ1n) is 9.53. The summed E-state index contributed by atoms with van der Waals surface area (Å²) < 4.78 is 28.7. The van der Waals surface area contributed by atoms with Crippen molar-refractivity contribution >= 4 is 11.8 Å². The van der Waals surface area contributed by atoms with Crippen LogP contribution in [0.2, 0.25) is 0 Å².